The Bertz CT molecular complexity index is 644. The third-order valence-electron chi connectivity index (χ3n) is 4.33. The zero-order valence-corrected chi connectivity index (χ0v) is 16.0. The highest BCUT2D eigenvalue weighted by atomic mass is 19.4. The Kier molecular flexibility index (Phi) is 7.85. The zero-order chi connectivity index (χ0) is 20.7. The maximum Gasteiger partial charge on any atom is 0.401 e. The highest BCUT2D eigenvalue weighted by molar-refractivity contribution is 5.80. The van der Waals surface area contributed by atoms with Crippen molar-refractivity contribution in [3.8, 4) is 0 Å². The molecule has 10 heteroatoms. The van der Waals surface area contributed by atoms with Crippen molar-refractivity contribution in [1.82, 2.24) is 15.5 Å². The van der Waals surface area contributed by atoms with Crippen molar-refractivity contribution < 1.29 is 22.0 Å². The molecule has 0 radical (unpaired) electrons. The minimum absolute atomic E-state index is 0.0393. The lowest BCUT2D eigenvalue weighted by Gasteiger charge is -2.21. The van der Waals surface area contributed by atoms with E-state index in [1.54, 1.807) is 4.90 Å². The van der Waals surface area contributed by atoms with E-state index in [0.717, 1.165) is 4.90 Å². The molecule has 0 amide bonds. The van der Waals surface area contributed by atoms with E-state index in [1.165, 1.54) is 25.2 Å². The second-order valence-electron chi connectivity index (χ2n) is 6.76. The molecule has 5 nitrogen and oxygen atoms in total. The van der Waals surface area contributed by atoms with E-state index in [-0.39, 0.29) is 24.8 Å². The standard InChI is InChI=1S/C18H26F5N5/c1-3-24-17(25-8-10-27(2)12-18(21,22)23)26-13-7-9-28(11-13)16-14(19)5-4-6-15(16)20/h4-6,13H,3,7-12H2,1-2H3,(H2,24,25,26). The number of nitrogens with zero attached hydrogens (tertiary/aromatic N) is 3. The van der Waals surface area contributed by atoms with Gasteiger partial charge in [0.25, 0.3) is 0 Å². The molecule has 1 aromatic carbocycles. The van der Waals surface area contributed by atoms with Gasteiger partial charge in [0.1, 0.15) is 17.3 Å². The monoisotopic (exact) mass is 407 g/mol. The van der Waals surface area contributed by atoms with Crippen molar-refractivity contribution in [3.63, 3.8) is 0 Å². The molecule has 0 bridgehead atoms. The first-order valence-corrected chi connectivity index (χ1v) is 9.18. The lowest BCUT2D eigenvalue weighted by atomic mass is 10.2. The SMILES string of the molecule is CCNC(=NCCN(C)CC(F)(F)F)NC1CCN(c2c(F)cccc2F)C1. The van der Waals surface area contributed by atoms with Gasteiger partial charge in [0.2, 0.25) is 0 Å². The van der Waals surface area contributed by atoms with E-state index in [0.29, 0.717) is 32.0 Å². The van der Waals surface area contributed by atoms with Crippen LogP contribution >= 0.6 is 0 Å². The average molecular weight is 407 g/mol. The highest BCUT2D eigenvalue weighted by Gasteiger charge is 2.29. The van der Waals surface area contributed by atoms with Crippen LogP contribution in [0.1, 0.15) is 13.3 Å². The Hall–Kier alpha value is -2.10. The van der Waals surface area contributed by atoms with Crippen LogP contribution in [0.15, 0.2) is 23.2 Å². The summed E-state index contributed by atoms with van der Waals surface area (Å²) >= 11 is 0. The molecule has 1 heterocycles. The highest BCUT2D eigenvalue weighted by Crippen LogP contribution is 2.26. The first-order chi connectivity index (χ1) is 13.2. The number of nitrogens with one attached hydrogen (secondary N) is 2. The number of halogens is 5. The van der Waals surface area contributed by atoms with Gasteiger partial charge in [0, 0.05) is 32.2 Å². The normalized spacial score (nSPS) is 18.1. The van der Waals surface area contributed by atoms with Crippen molar-refractivity contribution in [2.45, 2.75) is 25.6 Å². The molecule has 0 saturated carbocycles. The average Bonchev–Trinajstić information content (AvgIpc) is 3.01. The molecule has 0 aromatic heterocycles. The molecule has 1 aromatic rings. The second kappa shape index (κ2) is 9.90. The molecule has 1 aliphatic heterocycles. The largest absolute Gasteiger partial charge is 0.401 e. The summed E-state index contributed by atoms with van der Waals surface area (Å²) in [4.78, 5) is 7.10. The quantitative estimate of drug-likeness (QED) is 0.414. The topological polar surface area (TPSA) is 42.9 Å². The Morgan fingerprint density at radius 2 is 1.96 bits per heavy atom. The fourth-order valence-corrected chi connectivity index (χ4v) is 3.10. The molecule has 0 spiro atoms. The summed E-state index contributed by atoms with van der Waals surface area (Å²) in [6.07, 6.45) is -3.58. The minimum Gasteiger partial charge on any atom is -0.365 e. The molecule has 1 aliphatic rings. The van der Waals surface area contributed by atoms with E-state index < -0.39 is 24.4 Å². The Balaban J connectivity index is 1.90. The summed E-state index contributed by atoms with van der Waals surface area (Å²) in [6, 6.07) is 3.69. The van der Waals surface area contributed by atoms with Crippen molar-refractivity contribution in [2.24, 2.45) is 4.99 Å². The van der Waals surface area contributed by atoms with Crippen LogP contribution in [-0.4, -0.2) is 69.4 Å². The van der Waals surface area contributed by atoms with Gasteiger partial charge in [-0.2, -0.15) is 13.2 Å². The molecular weight excluding hydrogens is 381 g/mol. The summed E-state index contributed by atoms with van der Waals surface area (Å²) in [7, 11) is 1.39. The smallest absolute Gasteiger partial charge is 0.365 e. The van der Waals surface area contributed by atoms with Crippen molar-refractivity contribution in [2.75, 3.05) is 51.2 Å². The number of benzene rings is 1. The molecule has 1 unspecified atom stereocenters. The van der Waals surface area contributed by atoms with Gasteiger partial charge in [-0.05, 0) is 32.5 Å². The van der Waals surface area contributed by atoms with Gasteiger partial charge in [-0.3, -0.25) is 9.89 Å². The minimum atomic E-state index is -4.24. The molecule has 1 saturated heterocycles. The van der Waals surface area contributed by atoms with Gasteiger partial charge in [-0.1, -0.05) is 6.07 Å². The van der Waals surface area contributed by atoms with E-state index in [2.05, 4.69) is 15.6 Å². The maximum atomic E-state index is 13.9. The van der Waals surface area contributed by atoms with Crippen LogP contribution in [0.5, 0.6) is 0 Å². The van der Waals surface area contributed by atoms with E-state index in [1.807, 2.05) is 6.92 Å². The Labute approximate surface area is 161 Å². The van der Waals surface area contributed by atoms with Gasteiger partial charge in [-0.15, -0.1) is 0 Å². The van der Waals surface area contributed by atoms with Crippen LogP contribution < -0.4 is 15.5 Å². The lowest BCUT2D eigenvalue weighted by Crippen LogP contribution is -2.45. The summed E-state index contributed by atoms with van der Waals surface area (Å²) in [5.41, 5.74) is -0.0393. The van der Waals surface area contributed by atoms with Gasteiger partial charge in [-0.25, -0.2) is 8.78 Å². The number of guanidine groups is 1. The fourth-order valence-electron chi connectivity index (χ4n) is 3.10. The van der Waals surface area contributed by atoms with Crippen LogP contribution in [0, 0.1) is 11.6 Å². The van der Waals surface area contributed by atoms with Crippen LogP contribution in [0.3, 0.4) is 0 Å². The fraction of sp³-hybridized carbons (Fsp3) is 0.611. The number of alkyl halides is 3. The summed E-state index contributed by atoms with van der Waals surface area (Å²) in [6.45, 7) is 2.72. The summed E-state index contributed by atoms with van der Waals surface area (Å²) < 4.78 is 65.0. The van der Waals surface area contributed by atoms with Gasteiger partial charge in [0.05, 0.1) is 13.1 Å². The summed E-state index contributed by atoms with van der Waals surface area (Å²) in [5.74, 6) is -0.730. The number of para-hydroxylation sites is 1. The molecule has 28 heavy (non-hydrogen) atoms. The number of rotatable bonds is 7. The number of anilines is 1. The number of hydrogen-bond acceptors (Lipinski definition) is 3. The Morgan fingerprint density at radius 1 is 1.29 bits per heavy atom. The van der Waals surface area contributed by atoms with Crippen LogP contribution in [0.2, 0.25) is 0 Å². The molecular formula is C18H26F5N5. The van der Waals surface area contributed by atoms with Crippen molar-refractivity contribution in [3.05, 3.63) is 29.8 Å². The van der Waals surface area contributed by atoms with Crippen LogP contribution in [-0.2, 0) is 0 Å². The number of hydrogen-bond donors (Lipinski definition) is 2. The Morgan fingerprint density at radius 3 is 2.57 bits per heavy atom. The number of likely N-dealkylation sites (N-methyl/N-ethyl adjacent to an activating group) is 1. The molecule has 1 fully saturated rings. The predicted molar refractivity (Wildman–Crippen MR) is 99.6 cm³/mol. The van der Waals surface area contributed by atoms with E-state index >= 15 is 0 Å². The zero-order valence-electron chi connectivity index (χ0n) is 16.0. The van der Waals surface area contributed by atoms with Crippen LogP contribution in [0.25, 0.3) is 0 Å². The van der Waals surface area contributed by atoms with Crippen LogP contribution in [0.4, 0.5) is 27.6 Å². The molecule has 1 atom stereocenters. The van der Waals surface area contributed by atoms with Gasteiger partial charge in [0.15, 0.2) is 5.96 Å². The second-order valence-corrected chi connectivity index (χ2v) is 6.76. The third-order valence-corrected chi connectivity index (χ3v) is 4.33. The predicted octanol–water partition coefficient (Wildman–Crippen LogP) is 2.59. The van der Waals surface area contributed by atoms with Gasteiger partial charge >= 0.3 is 6.18 Å². The first kappa shape index (κ1) is 22.2. The molecule has 0 aliphatic carbocycles. The van der Waals surface area contributed by atoms with Gasteiger partial charge < -0.3 is 15.5 Å². The number of aliphatic imine (C=N–C) groups is 1. The van der Waals surface area contributed by atoms with Crippen molar-refractivity contribution in [1.29, 1.82) is 0 Å². The van der Waals surface area contributed by atoms with Crippen molar-refractivity contribution >= 4 is 11.6 Å². The van der Waals surface area contributed by atoms with E-state index in [9.17, 15) is 22.0 Å². The molecule has 2 N–H and O–H groups in total. The maximum absolute atomic E-state index is 13.9. The third kappa shape index (κ3) is 6.81. The first-order valence-electron chi connectivity index (χ1n) is 9.18. The molecule has 2 rings (SSSR count). The summed E-state index contributed by atoms with van der Waals surface area (Å²) in [5, 5.41) is 6.23. The molecule has 158 valence electrons. The van der Waals surface area contributed by atoms with E-state index in [4.69, 9.17) is 0 Å². The lowest BCUT2D eigenvalue weighted by molar-refractivity contribution is -0.142.